The molecule has 0 amide bonds. The third kappa shape index (κ3) is 4.61. The number of carbonyl (C=O) groups is 1. The molecule has 0 aliphatic carbocycles. The van der Waals surface area contributed by atoms with Crippen molar-refractivity contribution >= 4 is 27.8 Å². The first-order chi connectivity index (χ1) is 14.9. The molecule has 160 valence electrons. The van der Waals surface area contributed by atoms with Crippen LogP contribution in [0.5, 0.6) is 5.75 Å². The van der Waals surface area contributed by atoms with E-state index in [0.29, 0.717) is 23.8 Å². The Bertz CT molecular complexity index is 1120. The molecule has 31 heavy (non-hydrogen) atoms. The van der Waals surface area contributed by atoms with Crippen molar-refractivity contribution in [3.05, 3.63) is 75.4 Å². The maximum Gasteiger partial charge on any atom is 0.338 e. The Morgan fingerprint density at radius 2 is 2.00 bits per heavy atom. The summed E-state index contributed by atoms with van der Waals surface area (Å²) in [7, 11) is 0. The third-order valence-corrected chi connectivity index (χ3v) is 5.26. The number of anilines is 1. The van der Waals surface area contributed by atoms with Crippen molar-refractivity contribution < 1.29 is 14.3 Å². The summed E-state index contributed by atoms with van der Waals surface area (Å²) in [6.45, 7) is 5.91. The molecule has 8 nitrogen and oxygen atoms in total. The van der Waals surface area contributed by atoms with Crippen LogP contribution in [-0.2, 0) is 16.1 Å². The second-order valence-corrected chi connectivity index (χ2v) is 8.37. The molecule has 0 saturated carbocycles. The lowest BCUT2D eigenvalue weighted by Crippen LogP contribution is -2.30. The second-order valence-electron chi connectivity index (χ2n) is 7.45. The van der Waals surface area contributed by atoms with Gasteiger partial charge in [-0.1, -0.05) is 45.3 Å². The fourth-order valence-corrected chi connectivity index (χ4v) is 3.85. The molecule has 1 aliphatic heterocycles. The van der Waals surface area contributed by atoms with Gasteiger partial charge in [-0.2, -0.15) is 4.68 Å². The minimum Gasteiger partial charge on any atom is -0.489 e. The van der Waals surface area contributed by atoms with Crippen molar-refractivity contribution in [3.63, 3.8) is 0 Å². The highest BCUT2D eigenvalue weighted by atomic mass is 79.9. The highest BCUT2D eigenvalue weighted by Crippen LogP contribution is 2.35. The standard InChI is InChI=1S/C22H22BrN5O3/c1-13(2)31-21(29)19-14(3)24-22-25-26-27-28(22)20(19)16-7-9-18(10-8-16)30-12-15-5-4-6-17(23)11-15/h4-11,13,20H,12H2,1-3H3,(H,24,25,27). The fraction of sp³-hybridized carbons (Fsp3) is 0.273. The lowest BCUT2D eigenvalue weighted by Gasteiger charge is -2.28. The van der Waals surface area contributed by atoms with E-state index in [0.717, 1.165) is 21.3 Å². The fourth-order valence-electron chi connectivity index (χ4n) is 3.40. The molecule has 0 radical (unpaired) electrons. The van der Waals surface area contributed by atoms with Crippen molar-refractivity contribution in [1.82, 2.24) is 20.2 Å². The van der Waals surface area contributed by atoms with E-state index in [4.69, 9.17) is 9.47 Å². The first-order valence-corrected chi connectivity index (χ1v) is 10.7. The van der Waals surface area contributed by atoms with Gasteiger partial charge in [0.05, 0.1) is 11.7 Å². The number of rotatable bonds is 6. The average Bonchev–Trinajstić information content (AvgIpc) is 3.19. The quantitative estimate of drug-likeness (QED) is 0.523. The van der Waals surface area contributed by atoms with Crippen LogP contribution in [0.2, 0.25) is 0 Å². The van der Waals surface area contributed by atoms with Crippen LogP contribution in [0.1, 0.15) is 37.9 Å². The molecule has 4 rings (SSSR count). The molecular weight excluding hydrogens is 462 g/mol. The van der Waals surface area contributed by atoms with Gasteiger partial charge in [0.1, 0.15) is 18.4 Å². The predicted molar refractivity (Wildman–Crippen MR) is 118 cm³/mol. The summed E-state index contributed by atoms with van der Waals surface area (Å²) < 4.78 is 14.0. The summed E-state index contributed by atoms with van der Waals surface area (Å²) in [4.78, 5) is 12.9. The van der Waals surface area contributed by atoms with Gasteiger partial charge < -0.3 is 14.8 Å². The van der Waals surface area contributed by atoms with Gasteiger partial charge in [0.25, 0.3) is 0 Å². The Morgan fingerprint density at radius 3 is 2.71 bits per heavy atom. The summed E-state index contributed by atoms with van der Waals surface area (Å²) in [5, 5.41) is 14.9. The van der Waals surface area contributed by atoms with Gasteiger partial charge >= 0.3 is 5.97 Å². The van der Waals surface area contributed by atoms with Crippen LogP contribution in [0, 0.1) is 0 Å². The Hall–Kier alpha value is -3.20. The van der Waals surface area contributed by atoms with E-state index >= 15 is 0 Å². The molecule has 9 heteroatoms. The number of allylic oxidation sites excluding steroid dienone is 1. The van der Waals surface area contributed by atoms with Gasteiger partial charge in [-0.15, -0.1) is 0 Å². The molecule has 0 saturated heterocycles. The highest BCUT2D eigenvalue weighted by Gasteiger charge is 2.35. The Balaban J connectivity index is 1.59. The number of aromatic nitrogens is 4. The number of esters is 1. The summed E-state index contributed by atoms with van der Waals surface area (Å²) in [6.07, 6.45) is -0.238. The zero-order valence-electron chi connectivity index (χ0n) is 17.4. The third-order valence-electron chi connectivity index (χ3n) is 4.77. The number of ether oxygens (including phenoxy) is 2. The lowest BCUT2D eigenvalue weighted by atomic mass is 9.95. The number of hydrogen-bond acceptors (Lipinski definition) is 7. The maximum atomic E-state index is 12.9. The summed E-state index contributed by atoms with van der Waals surface area (Å²) in [5.74, 6) is 0.793. The van der Waals surface area contributed by atoms with Crippen molar-refractivity contribution in [1.29, 1.82) is 0 Å². The van der Waals surface area contributed by atoms with Crippen LogP contribution in [0.15, 0.2) is 64.3 Å². The first-order valence-electron chi connectivity index (χ1n) is 9.86. The van der Waals surface area contributed by atoms with Gasteiger partial charge in [0.2, 0.25) is 5.95 Å². The van der Waals surface area contributed by atoms with Crippen LogP contribution in [0.4, 0.5) is 5.95 Å². The molecule has 1 unspecified atom stereocenters. The molecule has 3 aromatic rings. The average molecular weight is 484 g/mol. The van der Waals surface area contributed by atoms with Crippen molar-refractivity contribution in [2.75, 3.05) is 5.32 Å². The predicted octanol–water partition coefficient (Wildman–Crippen LogP) is 4.26. The Kier molecular flexibility index (Phi) is 6.03. The first kappa shape index (κ1) is 21.0. The monoisotopic (exact) mass is 483 g/mol. The normalized spacial score (nSPS) is 15.5. The van der Waals surface area contributed by atoms with E-state index in [1.165, 1.54) is 0 Å². The van der Waals surface area contributed by atoms with Crippen molar-refractivity contribution in [3.8, 4) is 5.75 Å². The molecule has 1 atom stereocenters. The molecule has 2 aromatic carbocycles. The molecule has 0 spiro atoms. The molecule has 0 fully saturated rings. The van der Waals surface area contributed by atoms with E-state index in [1.54, 1.807) is 4.68 Å². The highest BCUT2D eigenvalue weighted by molar-refractivity contribution is 9.10. The van der Waals surface area contributed by atoms with Crippen LogP contribution in [0.3, 0.4) is 0 Å². The van der Waals surface area contributed by atoms with Crippen molar-refractivity contribution in [2.24, 2.45) is 0 Å². The molecular formula is C22H22BrN5O3. The van der Waals surface area contributed by atoms with E-state index < -0.39 is 12.0 Å². The summed E-state index contributed by atoms with van der Waals surface area (Å²) >= 11 is 3.47. The number of hydrogen-bond donors (Lipinski definition) is 1. The second kappa shape index (κ2) is 8.89. The number of halogens is 1. The van der Waals surface area contributed by atoms with Crippen LogP contribution in [0.25, 0.3) is 0 Å². The molecule has 2 heterocycles. The largest absolute Gasteiger partial charge is 0.489 e. The number of fused-ring (bicyclic) bond motifs is 1. The van der Waals surface area contributed by atoms with Crippen LogP contribution in [-0.4, -0.2) is 32.3 Å². The number of carbonyl (C=O) groups excluding carboxylic acids is 1. The molecule has 1 N–H and O–H groups in total. The van der Waals surface area contributed by atoms with E-state index in [2.05, 4.69) is 36.8 Å². The smallest absolute Gasteiger partial charge is 0.338 e. The van der Waals surface area contributed by atoms with Gasteiger partial charge in [-0.3, -0.25) is 0 Å². The SMILES string of the molecule is CC1=C(C(=O)OC(C)C)C(c2ccc(OCc3cccc(Br)c3)cc2)n2nnnc2N1. The topological polar surface area (TPSA) is 91.2 Å². The summed E-state index contributed by atoms with van der Waals surface area (Å²) in [6, 6.07) is 15.0. The minimum atomic E-state index is -0.503. The lowest BCUT2D eigenvalue weighted by molar-refractivity contribution is -0.143. The van der Waals surface area contributed by atoms with Gasteiger partial charge in [-0.05, 0) is 66.6 Å². The van der Waals surface area contributed by atoms with E-state index in [9.17, 15) is 4.79 Å². The zero-order valence-corrected chi connectivity index (χ0v) is 19.0. The van der Waals surface area contributed by atoms with Crippen molar-refractivity contribution in [2.45, 2.75) is 39.5 Å². The molecule has 1 aliphatic rings. The minimum absolute atomic E-state index is 0.238. The maximum absolute atomic E-state index is 12.9. The van der Waals surface area contributed by atoms with E-state index in [-0.39, 0.29) is 6.10 Å². The Morgan fingerprint density at radius 1 is 1.23 bits per heavy atom. The van der Waals surface area contributed by atoms with Crippen LogP contribution < -0.4 is 10.1 Å². The Labute approximate surface area is 188 Å². The number of tetrazole rings is 1. The zero-order chi connectivity index (χ0) is 22.0. The number of nitrogens with one attached hydrogen (secondary N) is 1. The molecule has 0 bridgehead atoms. The van der Waals surface area contributed by atoms with Gasteiger partial charge in [0.15, 0.2) is 0 Å². The number of nitrogens with zero attached hydrogens (tertiary/aromatic N) is 4. The molecule has 1 aromatic heterocycles. The number of benzene rings is 2. The summed E-state index contributed by atoms with van der Waals surface area (Å²) in [5.41, 5.74) is 3.04. The van der Waals surface area contributed by atoms with Gasteiger partial charge in [0, 0.05) is 10.2 Å². The van der Waals surface area contributed by atoms with Crippen LogP contribution >= 0.6 is 15.9 Å². The van der Waals surface area contributed by atoms with E-state index in [1.807, 2.05) is 69.3 Å². The van der Waals surface area contributed by atoms with Gasteiger partial charge in [-0.25, -0.2) is 4.79 Å².